The third-order valence-corrected chi connectivity index (χ3v) is 5.25. The van der Waals surface area contributed by atoms with E-state index in [0.29, 0.717) is 5.56 Å². The Morgan fingerprint density at radius 1 is 1.30 bits per heavy atom. The zero-order valence-corrected chi connectivity index (χ0v) is 16.0. The van der Waals surface area contributed by atoms with Crippen LogP contribution in [-0.4, -0.2) is 39.7 Å². The summed E-state index contributed by atoms with van der Waals surface area (Å²) in [7, 11) is 0. The van der Waals surface area contributed by atoms with Crippen LogP contribution in [-0.2, 0) is 20.9 Å². The highest BCUT2D eigenvalue weighted by Crippen LogP contribution is 2.38. The Labute approximate surface area is 163 Å². The van der Waals surface area contributed by atoms with E-state index in [1.165, 1.54) is 0 Å². The first kappa shape index (κ1) is 21.3. The third-order valence-electron chi connectivity index (χ3n) is 4.41. The average molecular weight is 448 g/mol. The van der Waals surface area contributed by atoms with Crippen LogP contribution in [0.2, 0.25) is 0 Å². The van der Waals surface area contributed by atoms with Crippen molar-refractivity contribution in [1.82, 2.24) is 5.32 Å². The normalized spacial score (nSPS) is 20.9. The van der Waals surface area contributed by atoms with Crippen LogP contribution in [0.4, 0.5) is 13.6 Å². The smallest absolute Gasteiger partial charge is 0.408 e. The van der Waals surface area contributed by atoms with Gasteiger partial charge in [-0.05, 0) is 24.3 Å². The highest BCUT2D eigenvalue weighted by molar-refractivity contribution is 9.10. The van der Waals surface area contributed by atoms with Gasteiger partial charge in [-0.1, -0.05) is 46.3 Å². The SMILES string of the molecule is O=C(N[C@H](C(=O)C(Br)C(=O)O)C1CCCC(F)(F)C1)OCc1ccccc1. The quantitative estimate of drug-likeness (QED) is 0.492. The topological polar surface area (TPSA) is 92.7 Å². The molecule has 1 aromatic rings. The summed E-state index contributed by atoms with van der Waals surface area (Å²) in [6.07, 6.45) is -1.38. The number of carboxylic acid groups (broad SMARTS) is 1. The summed E-state index contributed by atoms with van der Waals surface area (Å²) >= 11 is 2.74. The number of halogens is 3. The molecule has 27 heavy (non-hydrogen) atoms. The number of rotatable bonds is 7. The van der Waals surface area contributed by atoms with Crippen molar-refractivity contribution in [3.63, 3.8) is 0 Å². The van der Waals surface area contributed by atoms with E-state index in [1.807, 2.05) is 0 Å². The number of benzene rings is 1. The number of carboxylic acids is 1. The van der Waals surface area contributed by atoms with Gasteiger partial charge in [0.15, 0.2) is 10.6 Å². The summed E-state index contributed by atoms with van der Waals surface area (Å²) in [6.45, 7) is -0.0644. The Kier molecular flexibility index (Phi) is 7.29. The standard InChI is InChI=1S/C18H20BrF2NO5/c19-13(16(24)25)15(23)14(12-7-4-8-18(20,21)9-12)22-17(26)27-10-11-5-2-1-3-6-11/h1-3,5-6,12-14H,4,7-10H2,(H,22,26)(H,24,25)/t12?,13?,14-/m0/s1. The zero-order chi connectivity index (χ0) is 20.0. The van der Waals surface area contributed by atoms with Crippen LogP contribution in [0.5, 0.6) is 0 Å². The van der Waals surface area contributed by atoms with E-state index < -0.39 is 47.0 Å². The van der Waals surface area contributed by atoms with Crippen molar-refractivity contribution in [2.75, 3.05) is 0 Å². The predicted molar refractivity (Wildman–Crippen MR) is 95.8 cm³/mol. The minimum absolute atomic E-state index is 0.0644. The summed E-state index contributed by atoms with van der Waals surface area (Å²) in [5.74, 6) is -6.17. The van der Waals surface area contributed by atoms with E-state index in [0.717, 1.165) is 0 Å². The first-order chi connectivity index (χ1) is 12.7. The number of hydrogen-bond acceptors (Lipinski definition) is 4. The molecule has 148 valence electrons. The Bertz CT molecular complexity index is 686. The van der Waals surface area contributed by atoms with Crippen molar-refractivity contribution in [2.45, 2.75) is 49.1 Å². The summed E-state index contributed by atoms with van der Waals surface area (Å²) in [5, 5.41) is 11.3. The molecule has 1 fully saturated rings. The van der Waals surface area contributed by atoms with Crippen LogP contribution in [0.3, 0.4) is 0 Å². The predicted octanol–water partition coefficient (Wildman–Crippen LogP) is 3.52. The van der Waals surface area contributed by atoms with E-state index >= 15 is 0 Å². The summed E-state index contributed by atoms with van der Waals surface area (Å²) in [5.41, 5.74) is 0.712. The lowest BCUT2D eigenvalue weighted by Gasteiger charge is -2.34. The second-order valence-electron chi connectivity index (χ2n) is 6.50. The minimum Gasteiger partial charge on any atom is -0.480 e. The van der Waals surface area contributed by atoms with Crippen LogP contribution in [0.15, 0.2) is 30.3 Å². The number of amides is 1. The molecule has 0 aliphatic heterocycles. The number of Topliss-reactive ketones (excluding diaryl/α,β-unsaturated/α-hetero) is 1. The molecule has 2 rings (SSSR count). The maximum atomic E-state index is 13.8. The largest absolute Gasteiger partial charge is 0.480 e. The van der Waals surface area contributed by atoms with Crippen molar-refractivity contribution in [3.05, 3.63) is 35.9 Å². The van der Waals surface area contributed by atoms with Crippen molar-refractivity contribution < 1.29 is 33.0 Å². The Balaban J connectivity index is 2.07. The van der Waals surface area contributed by atoms with Crippen LogP contribution in [0.25, 0.3) is 0 Å². The van der Waals surface area contributed by atoms with Gasteiger partial charge in [-0.15, -0.1) is 0 Å². The molecular weight excluding hydrogens is 428 g/mol. The number of carbonyl (C=O) groups is 3. The number of nitrogens with one attached hydrogen (secondary N) is 1. The number of alkyl carbamates (subject to hydrolysis) is 1. The number of hydrogen-bond donors (Lipinski definition) is 2. The fourth-order valence-electron chi connectivity index (χ4n) is 3.09. The monoisotopic (exact) mass is 447 g/mol. The van der Waals surface area contributed by atoms with E-state index in [4.69, 9.17) is 9.84 Å². The maximum Gasteiger partial charge on any atom is 0.408 e. The molecule has 9 heteroatoms. The van der Waals surface area contributed by atoms with Gasteiger partial charge in [0.05, 0.1) is 6.04 Å². The lowest BCUT2D eigenvalue weighted by Crippen LogP contribution is -2.52. The van der Waals surface area contributed by atoms with Gasteiger partial charge in [-0.25, -0.2) is 13.6 Å². The van der Waals surface area contributed by atoms with Gasteiger partial charge in [0.1, 0.15) is 6.61 Å². The lowest BCUT2D eigenvalue weighted by atomic mass is 9.80. The van der Waals surface area contributed by atoms with E-state index in [9.17, 15) is 23.2 Å². The zero-order valence-electron chi connectivity index (χ0n) is 14.4. The Hall–Kier alpha value is -2.03. The molecule has 0 spiro atoms. The minimum atomic E-state index is -2.96. The fraction of sp³-hybridized carbons (Fsp3) is 0.500. The molecule has 3 atom stereocenters. The number of ketones is 1. The van der Waals surface area contributed by atoms with E-state index in [-0.39, 0.29) is 25.9 Å². The highest BCUT2D eigenvalue weighted by Gasteiger charge is 2.44. The molecule has 1 saturated carbocycles. The molecule has 1 aliphatic rings. The molecule has 0 radical (unpaired) electrons. The fourth-order valence-corrected chi connectivity index (χ4v) is 3.37. The van der Waals surface area contributed by atoms with Crippen LogP contribution in [0.1, 0.15) is 31.2 Å². The van der Waals surface area contributed by atoms with Gasteiger partial charge < -0.3 is 15.2 Å². The average Bonchev–Trinajstić information content (AvgIpc) is 2.63. The van der Waals surface area contributed by atoms with E-state index in [2.05, 4.69) is 21.2 Å². The van der Waals surface area contributed by atoms with Gasteiger partial charge in [0.25, 0.3) is 0 Å². The number of alkyl halides is 3. The Morgan fingerprint density at radius 2 is 1.96 bits per heavy atom. The molecule has 0 bridgehead atoms. The van der Waals surface area contributed by atoms with E-state index in [1.54, 1.807) is 30.3 Å². The molecule has 1 amide bonds. The van der Waals surface area contributed by atoms with Crippen LogP contribution < -0.4 is 5.32 Å². The molecule has 2 N–H and O–H groups in total. The highest BCUT2D eigenvalue weighted by atomic mass is 79.9. The lowest BCUT2D eigenvalue weighted by molar-refractivity contribution is -0.140. The van der Waals surface area contributed by atoms with Gasteiger partial charge in [0.2, 0.25) is 5.92 Å². The first-order valence-corrected chi connectivity index (χ1v) is 9.37. The van der Waals surface area contributed by atoms with Crippen molar-refractivity contribution in [2.24, 2.45) is 5.92 Å². The first-order valence-electron chi connectivity index (χ1n) is 8.45. The summed E-state index contributed by atoms with van der Waals surface area (Å²) < 4.78 is 32.6. The van der Waals surface area contributed by atoms with Gasteiger partial charge in [-0.2, -0.15) is 0 Å². The molecule has 0 saturated heterocycles. The molecule has 0 aromatic heterocycles. The molecule has 6 nitrogen and oxygen atoms in total. The number of ether oxygens (including phenoxy) is 1. The molecule has 1 aromatic carbocycles. The summed E-state index contributed by atoms with van der Waals surface area (Å²) in [4.78, 5) is 34.0. The number of carbonyl (C=O) groups excluding carboxylic acids is 2. The van der Waals surface area contributed by atoms with Gasteiger partial charge in [0, 0.05) is 12.8 Å². The van der Waals surface area contributed by atoms with Crippen molar-refractivity contribution >= 4 is 33.8 Å². The Morgan fingerprint density at radius 3 is 2.56 bits per heavy atom. The maximum absolute atomic E-state index is 13.8. The van der Waals surface area contributed by atoms with Crippen molar-refractivity contribution in [1.29, 1.82) is 0 Å². The molecular formula is C18H20BrF2NO5. The van der Waals surface area contributed by atoms with Gasteiger partial charge in [-0.3, -0.25) is 9.59 Å². The second kappa shape index (κ2) is 9.25. The molecule has 1 aliphatic carbocycles. The van der Waals surface area contributed by atoms with Crippen LogP contribution in [0, 0.1) is 5.92 Å². The molecule has 0 heterocycles. The third kappa shape index (κ3) is 6.27. The summed E-state index contributed by atoms with van der Waals surface area (Å²) in [6, 6.07) is 7.40. The van der Waals surface area contributed by atoms with Crippen molar-refractivity contribution in [3.8, 4) is 0 Å². The second-order valence-corrected chi connectivity index (χ2v) is 7.41. The van der Waals surface area contributed by atoms with Crippen LogP contribution >= 0.6 is 15.9 Å². The van der Waals surface area contributed by atoms with Gasteiger partial charge >= 0.3 is 12.1 Å². The number of aliphatic carboxylic acids is 1. The molecule has 2 unspecified atom stereocenters.